The molecule has 1 aromatic carbocycles. The van der Waals surface area contributed by atoms with Crippen LogP contribution < -0.4 is 19.7 Å². The van der Waals surface area contributed by atoms with E-state index in [-0.39, 0.29) is 0 Å². The number of nitrogens with one attached hydrogen (secondary N) is 1. The zero-order chi connectivity index (χ0) is 19.2. The van der Waals surface area contributed by atoms with Gasteiger partial charge in [-0.3, -0.25) is 4.90 Å². The number of unbranched alkanes of at least 4 members (excludes halogenated alkanes) is 2. The van der Waals surface area contributed by atoms with Crippen molar-refractivity contribution in [3.8, 4) is 11.5 Å². The van der Waals surface area contributed by atoms with Crippen LogP contribution in [0, 0.1) is 0 Å². The Morgan fingerprint density at radius 2 is 1.89 bits per heavy atom. The smallest absolute Gasteiger partial charge is 0.231 e. The Kier molecular flexibility index (Phi) is 6.11. The molecule has 1 fully saturated rings. The third-order valence-corrected chi connectivity index (χ3v) is 5.24. The lowest BCUT2D eigenvalue weighted by Gasteiger charge is -2.35. The molecule has 1 N–H and O–H groups in total. The highest BCUT2D eigenvalue weighted by atomic mass is 16.7. The van der Waals surface area contributed by atoms with Crippen molar-refractivity contribution in [3.63, 3.8) is 0 Å². The summed E-state index contributed by atoms with van der Waals surface area (Å²) in [5.41, 5.74) is 1.26. The largest absolute Gasteiger partial charge is 0.454 e. The predicted octanol–water partition coefficient (Wildman–Crippen LogP) is 3.13. The van der Waals surface area contributed by atoms with E-state index in [1.165, 1.54) is 18.4 Å². The van der Waals surface area contributed by atoms with E-state index in [2.05, 4.69) is 39.2 Å². The van der Waals surface area contributed by atoms with Crippen molar-refractivity contribution in [2.24, 2.45) is 0 Å². The number of hydrogen-bond acceptors (Lipinski definition) is 7. The predicted molar refractivity (Wildman–Crippen MR) is 110 cm³/mol. The number of hydrogen-bond donors (Lipinski definition) is 1. The van der Waals surface area contributed by atoms with E-state index in [0.29, 0.717) is 6.79 Å². The fraction of sp³-hybridized carbons (Fsp3) is 0.524. The van der Waals surface area contributed by atoms with E-state index in [0.717, 1.165) is 69.0 Å². The quantitative estimate of drug-likeness (QED) is 0.703. The van der Waals surface area contributed by atoms with Crippen molar-refractivity contribution >= 4 is 11.8 Å². The summed E-state index contributed by atoms with van der Waals surface area (Å²) in [6.45, 7) is 8.36. The molecule has 2 aliphatic heterocycles. The van der Waals surface area contributed by atoms with E-state index in [4.69, 9.17) is 14.5 Å². The Labute approximate surface area is 166 Å². The van der Waals surface area contributed by atoms with Gasteiger partial charge in [0.25, 0.3) is 0 Å². The second-order valence-corrected chi connectivity index (χ2v) is 7.32. The second-order valence-electron chi connectivity index (χ2n) is 7.32. The Balaban J connectivity index is 1.28. The first kappa shape index (κ1) is 18.8. The van der Waals surface area contributed by atoms with Crippen LogP contribution in [0.25, 0.3) is 0 Å². The lowest BCUT2D eigenvalue weighted by Crippen LogP contribution is -2.46. The van der Waals surface area contributed by atoms with Crippen molar-refractivity contribution < 1.29 is 9.47 Å². The molecule has 0 unspecified atom stereocenters. The van der Waals surface area contributed by atoms with Gasteiger partial charge in [0.05, 0.1) is 0 Å². The first-order valence-electron chi connectivity index (χ1n) is 10.2. The van der Waals surface area contributed by atoms with E-state index < -0.39 is 0 Å². The van der Waals surface area contributed by atoms with Crippen molar-refractivity contribution in [1.82, 2.24) is 14.9 Å². The maximum Gasteiger partial charge on any atom is 0.231 e. The fourth-order valence-electron chi connectivity index (χ4n) is 3.62. The molecular formula is C21H29N5O2. The van der Waals surface area contributed by atoms with Crippen LogP contribution in [0.4, 0.5) is 11.8 Å². The second kappa shape index (κ2) is 9.10. The van der Waals surface area contributed by atoms with Crippen LogP contribution in [0.1, 0.15) is 31.7 Å². The Morgan fingerprint density at radius 3 is 2.75 bits per heavy atom. The SMILES string of the molecule is CCCCCNc1nccc(N2CCN(Cc3ccc4c(c3)OCO4)CC2)n1. The van der Waals surface area contributed by atoms with E-state index >= 15 is 0 Å². The van der Waals surface area contributed by atoms with Gasteiger partial charge in [0.2, 0.25) is 12.7 Å². The number of fused-ring (bicyclic) bond motifs is 1. The van der Waals surface area contributed by atoms with Gasteiger partial charge in [-0.15, -0.1) is 0 Å². The van der Waals surface area contributed by atoms with Crippen molar-refractivity contribution in [1.29, 1.82) is 0 Å². The van der Waals surface area contributed by atoms with Crippen LogP contribution >= 0.6 is 0 Å². The highest BCUT2D eigenvalue weighted by Crippen LogP contribution is 2.32. The number of nitrogens with zero attached hydrogens (tertiary/aromatic N) is 4. The van der Waals surface area contributed by atoms with Crippen LogP contribution in [-0.2, 0) is 6.54 Å². The number of rotatable bonds is 8. The van der Waals surface area contributed by atoms with Gasteiger partial charge in [-0.2, -0.15) is 4.98 Å². The van der Waals surface area contributed by atoms with Gasteiger partial charge in [-0.25, -0.2) is 4.98 Å². The molecule has 0 bridgehead atoms. The number of benzene rings is 1. The van der Waals surface area contributed by atoms with Crippen LogP contribution in [-0.4, -0.2) is 54.4 Å². The third-order valence-electron chi connectivity index (χ3n) is 5.24. The maximum atomic E-state index is 5.49. The molecule has 0 spiro atoms. The van der Waals surface area contributed by atoms with Crippen LogP contribution in [0.5, 0.6) is 11.5 Å². The van der Waals surface area contributed by atoms with Gasteiger partial charge in [0.15, 0.2) is 11.5 Å². The summed E-state index contributed by atoms with van der Waals surface area (Å²) in [5, 5.41) is 3.34. The highest BCUT2D eigenvalue weighted by molar-refractivity contribution is 5.45. The number of aromatic nitrogens is 2. The molecule has 3 heterocycles. The molecule has 0 atom stereocenters. The molecule has 4 rings (SSSR count). The fourth-order valence-corrected chi connectivity index (χ4v) is 3.62. The standard InChI is InChI=1S/C21H29N5O2/c1-2-3-4-8-22-21-23-9-7-20(24-21)26-12-10-25(11-13-26)15-17-5-6-18-19(14-17)28-16-27-18/h5-7,9,14H,2-4,8,10-13,15-16H2,1H3,(H,22,23,24). The third kappa shape index (κ3) is 4.65. The first-order valence-corrected chi connectivity index (χ1v) is 10.2. The molecule has 0 saturated carbocycles. The lowest BCUT2D eigenvalue weighted by molar-refractivity contribution is 0.174. The molecule has 1 saturated heterocycles. The Hall–Kier alpha value is -2.54. The minimum atomic E-state index is 0.325. The molecule has 7 nitrogen and oxygen atoms in total. The lowest BCUT2D eigenvalue weighted by atomic mass is 10.1. The molecule has 150 valence electrons. The van der Waals surface area contributed by atoms with Crippen LogP contribution in [0.3, 0.4) is 0 Å². The summed E-state index contributed by atoms with van der Waals surface area (Å²) < 4.78 is 10.9. The van der Waals surface area contributed by atoms with Gasteiger partial charge in [-0.1, -0.05) is 25.8 Å². The van der Waals surface area contributed by atoms with Gasteiger partial charge in [0, 0.05) is 45.5 Å². The normalized spacial score (nSPS) is 16.4. The summed E-state index contributed by atoms with van der Waals surface area (Å²) in [5.74, 6) is 3.44. The zero-order valence-electron chi connectivity index (χ0n) is 16.6. The van der Waals surface area contributed by atoms with Gasteiger partial charge in [-0.05, 0) is 30.2 Å². The molecular weight excluding hydrogens is 354 g/mol. The molecule has 0 aliphatic carbocycles. The summed E-state index contributed by atoms with van der Waals surface area (Å²) in [7, 11) is 0. The molecule has 0 radical (unpaired) electrons. The van der Waals surface area contributed by atoms with Crippen molar-refractivity contribution in [2.75, 3.05) is 49.7 Å². The van der Waals surface area contributed by atoms with Crippen molar-refractivity contribution in [3.05, 3.63) is 36.0 Å². The Morgan fingerprint density at radius 1 is 1.04 bits per heavy atom. The summed E-state index contributed by atoms with van der Waals surface area (Å²) >= 11 is 0. The monoisotopic (exact) mass is 383 g/mol. The van der Waals surface area contributed by atoms with E-state index in [1.54, 1.807) is 0 Å². The number of piperazine rings is 1. The first-order chi connectivity index (χ1) is 13.8. The maximum absolute atomic E-state index is 5.49. The topological polar surface area (TPSA) is 62.8 Å². The average molecular weight is 383 g/mol. The van der Waals surface area contributed by atoms with Crippen molar-refractivity contribution in [2.45, 2.75) is 32.7 Å². The number of ether oxygens (including phenoxy) is 2. The highest BCUT2D eigenvalue weighted by Gasteiger charge is 2.20. The number of anilines is 2. The minimum Gasteiger partial charge on any atom is -0.454 e. The van der Waals surface area contributed by atoms with E-state index in [9.17, 15) is 0 Å². The summed E-state index contributed by atoms with van der Waals surface area (Å²) in [6.07, 6.45) is 5.46. The molecule has 7 heteroatoms. The molecule has 2 aromatic rings. The van der Waals surface area contributed by atoms with Gasteiger partial charge >= 0.3 is 0 Å². The van der Waals surface area contributed by atoms with Crippen LogP contribution in [0.15, 0.2) is 30.5 Å². The van der Waals surface area contributed by atoms with E-state index in [1.807, 2.05) is 18.3 Å². The minimum absolute atomic E-state index is 0.325. The van der Waals surface area contributed by atoms with Gasteiger partial charge in [0.1, 0.15) is 5.82 Å². The molecule has 0 amide bonds. The molecule has 1 aromatic heterocycles. The Bertz CT molecular complexity index is 777. The molecule has 2 aliphatic rings. The molecule has 28 heavy (non-hydrogen) atoms. The average Bonchev–Trinajstić information content (AvgIpc) is 3.20. The summed E-state index contributed by atoms with van der Waals surface area (Å²) in [4.78, 5) is 13.9. The van der Waals surface area contributed by atoms with Gasteiger partial charge < -0.3 is 19.7 Å². The zero-order valence-corrected chi connectivity index (χ0v) is 16.6. The van der Waals surface area contributed by atoms with Crippen LogP contribution in [0.2, 0.25) is 0 Å². The summed E-state index contributed by atoms with van der Waals surface area (Å²) in [6, 6.07) is 8.23.